The number of carboxylic acids is 1. The molecule has 2 amide bonds. The molecule has 2 fully saturated rings. The van der Waals surface area contributed by atoms with Gasteiger partial charge in [0.2, 0.25) is 5.91 Å². The first kappa shape index (κ1) is 23.1. The standard InChI is InChI=1S/C24H27ClN4O4/c25-18-5-3-17(4-6-18)23(31)26-19-7-8-21(20(15-19)24(32)33)28-13-11-27(12-14-28)16-22(30)29-9-1-2-10-29/h3-8,15H,1-2,9-14,16H2,(H,26,31)(H,32,33). The van der Waals surface area contributed by atoms with Crippen molar-refractivity contribution in [3.8, 4) is 0 Å². The van der Waals surface area contributed by atoms with E-state index in [1.807, 2.05) is 9.80 Å². The molecule has 2 aliphatic rings. The van der Waals surface area contributed by atoms with Crippen molar-refractivity contribution >= 4 is 40.8 Å². The van der Waals surface area contributed by atoms with Crippen LogP contribution in [0.2, 0.25) is 5.02 Å². The Kier molecular flexibility index (Phi) is 7.15. The Morgan fingerprint density at radius 3 is 2.21 bits per heavy atom. The predicted molar refractivity (Wildman–Crippen MR) is 127 cm³/mol. The number of carboxylic acid groups (broad SMARTS) is 1. The topological polar surface area (TPSA) is 93.2 Å². The fourth-order valence-corrected chi connectivity index (χ4v) is 4.40. The summed E-state index contributed by atoms with van der Waals surface area (Å²) in [6.45, 7) is 4.74. The van der Waals surface area contributed by atoms with Gasteiger partial charge in [0.05, 0.1) is 17.8 Å². The van der Waals surface area contributed by atoms with E-state index in [1.165, 1.54) is 6.07 Å². The van der Waals surface area contributed by atoms with E-state index in [2.05, 4.69) is 10.2 Å². The molecule has 4 rings (SSSR count). The number of nitrogens with zero attached hydrogens (tertiary/aromatic N) is 3. The maximum absolute atomic E-state index is 12.5. The van der Waals surface area contributed by atoms with Gasteiger partial charge in [0, 0.05) is 55.5 Å². The minimum absolute atomic E-state index is 0.130. The van der Waals surface area contributed by atoms with Crippen molar-refractivity contribution in [3.05, 3.63) is 58.6 Å². The lowest BCUT2D eigenvalue weighted by molar-refractivity contribution is -0.131. The molecular weight excluding hydrogens is 444 g/mol. The molecule has 0 aromatic heterocycles. The number of anilines is 2. The van der Waals surface area contributed by atoms with E-state index in [9.17, 15) is 19.5 Å². The molecule has 0 atom stereocenters. The van der Waals surface area contributed by atoms with Crippen LogP contribution < -0.4 is 10.2 Å². The summed E-state index contributed by atoms with van der Waals surface area (Å²) in [5, 5.41) is 13.1. The number of carbonyl (C=O) groups excluding carboxylic acids is 2. The minimum Gasteiger partial charge on any atom is -0.478 e. The van der Waals surface area contributed by atoms with Gasteiger partial charge in [-0.3, -0.25) is 14.5 Å². The Bertz CT molecular complexity index is 1030. The maximum Gasteiger partial charge on any atom is 0.337 e. The van der Waals surface area contributed by atoms with Crippen molar-refractivity contribution in [2.45, 2.75) is 12.8 Å². The molecule has 9 heteroatoms. The van der Waals surface area contributed by atoms with E-state index in [4.69, 9.17) is 11.6 Å². The third-order valence-corrected chi connectivity index (χ3v) is 6.37. The summed E-state index contributed by atoms with van der Waals surface area (Å²) < 4.78 is 0. The predicted octanol–water partition coefficient (Wildman–Crippen LogP) is 3.03. The van der Waals surface area contributed by atoms with Crippen LogP contribution in [0.4, 0.5) is 11.4 Å². The van der Waals surface area contributed by atoms with Crippen LogP contribution in [0.5, 0.6) is 0 Å². The van der Waals surface area contributed by atoms with Gasteiger partial charge in [0.15, 0.2) is 0 Å². The van der Waals surface area contributed by atoms with E-state index in [1.54, 1.807) is 36.4 Å². The third kappa shape index (κ3) is 5.64. The maximum atomic E-state index is 12.5. The molecule has 0 aliphatic carbocycles. The molecule has 2 aromatic carbocycles. The fourth-order valence-electron chi connectivity index (χ4n) is 4.27. The van der Waals surface area contributed by atoms with Crippen molar-refractivity contribution in [2.75, 3.05) is 56.0 Å². The quantitative estimate of drug-likeness (QED) is 0.674. The zero-order valence-corrected chi connectivity index (χ0v) is 19.1. The number of hydrogen-bond donors (Lipinski definition) is 2. The van der Waals surface area contributed by atoms with Crippen LogP contribution in [0.15, 0.2) is 42.5 Å². The molecule has 0 unspecified atom stereocenters. The third-order valence-electron chi connectivity index (χ3n) is 6.12. The van der Waals surface area contributed by atoms with Crippen LogP contribution in [-0.2, 0) is 4.79 Å². The SMILES string of the molecule is O=C(Nc1ccc(N2CCN(CC(=O)N3CCCC3)CC2)c(C(=O)O)c1)c1ccc(Cl)cc1. The molecule has 174 valence electrons. The van der Waals surface area contributed by atoms with Crippen LogP contribution >= 0.6 is 11.6 Å². The van der Waals surface area contributed by atoms with Crippen LogP contribution in [-0.4, -0.2) is 78.5 Å². The average Bonchev–Trinajstić information content (AvgIpc) is 3.35. The second-order valence-corrected chi connectivity index (χ2v) is 8.79. The zero-order chi connectivity index (χ0) is 23.4. The summed E-state index contributed by atoms with van der Waals surface area (Å²) in [5.74, 6) is -1.22. The number of carbonyl (C=O) groups is 3. The Morgan fingerprint density at radius 2 is 1.58 bits per heavy atom. The highest BCUT2D eigenvalue weighted by Crippen LogP contribution is 2.26. The summed E-state index contributed by atoms with van der Waals surface area (Å²) >= 11 is 5.86. The molecule has 2 heterocycles. The highest BCUT2D eigenvalue weighted by molar-refractivity contribution is 6.30. The first-order valence-electron chi connectivity index (χ1n) is 11.1. The van der Waals surface area contributed by atoms with Gasteiger partial charge in [-0.15, -0.1) is 0 Å². The first-order valence-corrected chi connectivity index (χ1v) is 11.5. The van der Waals surface area contributed by atoms with Crippen LogP contribution in [0, 0.1) is 0 Å². The number of amides is 2. The van der Waals surface area contributed by atoms with Crippen molar-refractivity contribution in [2.24, 2.45) is 0 Å². The fraction of sp³-hybridized carbons (Fsp3) is 0.375. The molecule has 0 spiro atoms. The second-order valence-electron chi connectivity index (χ2n) is 8.35. The summed E-state index contributed by atoms with van der Waals surface area (Å²) in [6, 6.07) is 11.4. The lowest BCUT2D eigenvalue weighted by atomic mass is 10.1. The van der Waals surface area contributed by atoms with Crippen LogP contribution in [0.1, 0.15) is 33.6 Å². The lowest BCUT2D eigenvalue weighted by Gasteiger charge is -2.37. The number of halogens is 1. The van der Waals surface area contributed by atoms with Crippen molar-refractivity contribution in [1.29, 1.82) is 0 Å². The Labute approximate surface area is 197 Å². The molecule has 8 nitrogen and oxygen atoms in total. The van der Waals surface area contributed by atoms with E-state index in [0.29, 0.717) is 54.7 Å². The summed E-state index contributed by atoms with van der Waals surface area (Å²) in [6.07, 6.45) is 2.15. The van der Waals surface area contributed by atoms with Gasteiger partial charge < -0.3 is 20.2 Å². The highest BCUT2D eigenvalue weighted by atomic mass is 35.5. The highest BCUT2D eigenvalue weighted by Gasteiger charge is 2.25. The number of nitrogens with one attached hydrogen (secondary N) is 1. The van der Waals surface area contributed by atoms with Gasteiger partial charge in [-0.05, 0) is 55.3 Å². The number of benzene rings is 2. The van der Waals surface area contributed by atoms with Gasteiger partial charge in [-0.25, -0.2) is 4.79 Å². The molecule has 0 bridgehead atoms. The minimum atomic E-state index is -1.06. The molecular formula is C24H27ClN4O4. The van der Waals surface area contributed by atoms with Crippen LogP contribution in [0.3, 0.4) is 0 Å². The second kappa shape index (κ2) is 10.2. The number of likely N-dealkylation sites (tertiary alicyclic amines) is 1. The van der Waals surface area contributed by atoms with Gasteiger partial charge >= 0.3 is 5.97 Å². The first-order chi connectivity index (χ1) is 15.9. The smallest absolute Gasteiger partial charge is 0.337 e. The zero-order valence-electron chi connectivity index (χ0n) is 18.3. The Balaban J connectivity index is 1.39. The van der Waals surface area contributed by atoms with Crippen molar-refractivity contribution in [1.82, 2.24) is 9.80 Å². The average molecular weight is 471 g/mol. The van der Waals surface area contributed by atoms with E-state index in [0.717, 1.165) is 25.9 Å². The molecule has 2 saturated heterocycles. The van der Waals surface area contributed by atoms with Crippen LogP contribution in [0.25, 0.3) is 0 Å². The summed E-state index contributed by atoms with van der Waals surface area (Å²) in [5.41, 5.74) is 1.58. The largest absolute Gasteiger partial charge is 0.478 e. The summed E-state index contributed by atoms with van der Waals surface area (Å²) in [4.78, 5) is 42.9. The van der Waals surface area contributed by atoms with Gasteiger partial charge in [-0.1, -0.05) is 11.6 Å². The summed E-state index contributed by atoms with van der Waals surface area (Å²) in [7, 11) is 0. The van der Waals surface area contributed by atoms with E-state index >= 15 is 0 Å². The van der Waals surface area contributed by atoms with E-state index < -0.39 is 5.97 Å². The molecule has 0 radical (unpaired) electrons. The lowest BCUT2D eigenvalue weighted by Crippen LogP contribution is -2.50. The van der Waals surface area contributed by atoms with Gasteiger partial charge in [0.1, 0.15) is 0 Å². The normalized spacial score (nSPS) is 16.6. The molecule has 2 N–H and O–H groups in total. The molecule has 0 saturated carbocycles. The van der Waals surface area contributed by atoms with Crippen molar-refractivity contribution < 1.29 is 19.5 Å². The number of piperazine rings is 1. The molecule has 33 heavy (non-hydrogen) atoms. The number of aromatic carboxylic acids is 1. The monoisotopic (exact) mass is 470 g/mol. The molecule has 2 aromatic rings. The Hall–Kier alpha value is -3.10. The van der Waals surface area contributed by atoms with Crippen molar-refractivity contribution in [3.63, 3.8) is 0 Å². The molecule has 2 aliphatic heterocycles. The van der Waals surface area contributed by atoms with Gasteiger partial charge in [0.25, 0.3) is 5.91 Å². The number of hydrogen-bond acceptors (Lipinski definition) is 5. The number of rotatable bonds is 6. The van der Waals surface area contributed by atoms with E-state index in [-0.39, 0.29) is 17.4 Å². The Morgan fingerprint density at radius 1 is 0.909 bits per heavy atom. The van der Waals surface area contributed by atoms with Gasteiger partial charge in [-0.2, -0.15) is 0 Å².